The second-order valence-electron chi connectivity index (χ2n) is 4.22. The van der Waals surface area contributed by atoms with Gasteiger partial charge in [-0.3, -0.25) is 4.79 Å². The number of hydrogen-bond donors (Lipinski definition) is 2. The fraction of sp³-hybridized carbons (Fsp3) is 0.583. The van der Waals surface area contributed by atoms with Crippen LogP contribution in [-0.4, -0.2) is 49.2 Å². The first-order valence-corrected chi connectivity index (χ1v) is 6.54. The van der Waals surface area contributed by atoms with E-state index in [1.54, 1.807) is 18.4 Å². The lowest BCUT2D eigenvalue weighted by Gasteiger charge is -2.20. The highest BCUT2D eigenvalue weighted by molar-refractivity contribution is 7.10. The Morgan fingerprint density at radius 3 is 2.82 bits per heavy atom. The van der Waals surface area contributed by atoms with E-state index in [1.807, 2.05) is 7.05 Å². The van der Waals surface area contributed by atoms with E-state index in [-0.39, 0.29) is 0 Å². The van der Waals surface area contributed by atoms with Gasteiger partial charge >= 0.3 is 5.97 Å². The number of rotatable bonds is 7. The number of carboxylic acid groups (broad SMARTS) is 1. The van der Waals surface area contributed by atoms with Crippen molar-refractivity contribution in [3.05, 3.63) is 21.9 Å². The number of nitrogens with zero attached hydrogens (tertiary/aromatic N) is 1. The molecule has 1 atom stereocenters. The van der Waals surface area contributed by atoms with Crippen LogP contribution in [0, 0.1) is 6.92 Å². The predicted molar refractivity (Wildman–Crippen MR) is 70.7 cm³/mol. The zero-order valence-corrected chi connectivity index (χ0v) is 11.4. The topological polar surface area (TPSA) is 52.6 Å². The minimum Gasteiger partial charge on any atom is -0.480 e. The first kappa shape index (κ1) is 14.2. The molecule has 0 aliphatic rings. The molecule has 0 aliphatic carbocycles. The highest BCUT2D eigenvalue weighted by Crippen LogP contribution is 2.16. The number of hydrogen-bond acceptors (Lipinski definition) is 4. The lowest BCUT2D eigenvalue weighted by molar-refractivity contribution is -0.139. The van der Waals surface area contributed by atoms with Crippen molar-refractivity contribution >= 4 is 17.3 Å². The zero-order chi connectivity index (χ0) is 12.8. The fourth-order valence-corrected chi connectivity index (χ4v) is 2.55. The molecule has 0 fully saturated rings. The Bertz CT molecular complexity index is 365. The van der Waals surface area contributed by atoms with Crippen LogP contribution < -0.4 is 5.32 Å². The molecular weight excluding hydrogens is 236 g/mol. The average Bonchev–Trinajstić information content (AvgIpc) is 2.68. The summed E-state index contributed by atoms with van der Waals surface area (Å²) in [6.45, 7) is 3.52. The van der Waals surface area contributed by atoms with Crippen LogP contribution in [-0.2, 0) is 11.2 Å². The Kier molecular flexibility index (Phi) is 5.61. The summed E-state index contributed by atoms with van der Waals surface area (Å²) in [5.74, 6) is -0.799. The SMILES string of the molecule is CNC(CN(C)CCc1sccc1C)C(=O)O. The van der Waals surface area contributed by atoms with Crippen LogP contribution >= 0.6 is 11.3 Å². The lowest BCUT2D eigenvalue weighted by atomic mass is 10.2. The zero-order valence-electron chi connectivity index (χ0n) is 10.6. The van der Waals surface area contributed by atoms with Crippen LogP contribution in [0.4, 0.5) is 0 Å². The molecule has 0 spiro atoms. The van der Waals surface area contributed by atoms with Crippen LogP contribution in [0.3, 0.4) is 0 Å². The Balaban J connectivity index is 2.37. The Hall–Kier alpha value is -0.910. The number of aliphatic carboxylic acids is 1. The van der Waals surface area contributed by atoms with Crippen molar-refractivity contribution in [2.75, 3.05) is 27.2 Å². The van der Waals surface area contributed by atoms with Crippen molar-refractivity contribution < 1.29 is 9.90 Å². The minimum absolute atomic E-state index is 0.496. The monoisotopic (exact) mass is 256 g/mol. The molecule has 1 rings (SSSR count). The van der Waals surface area contributed by atoms with Crippen molar-refractivity contribution in [2.24, 2.45) is 0 Å². The highest BCUT2D eigenvalue weighted by Gasteiger charge is 2.16. The third-order valence-corrected chi connectivity index (χ3v) is 3.91. The Morgan fingerprint density at radius 1 is 1.65 bits per heavy atom. The summed E-state index contributed by atoms with van der Waals surface area (Å²) in [6.07, 6.45) is 0.982. The normalized spacial score (nSPS) is 12.9. The van der Waals surface area contributed by atoms with Crippen LogP contribution in [0.5, 0.6) is 0 Å². The van der Waals surface area contributed by atoms with Gasteiger partial charge in [0.1, 0.15) is 6.04 Å². The van der Waals surface area contributed by atoms with E-state index in [0.717, 1.165) is 13.0 Å². The summed E-state index contributed by atoms with van der Waals surface area (Å²) >= 11 is 1.76. The van der Waals surface area contributed by atoms with E-state index in [4.69, 9.17) is 5.11 Å². The molecule has 2 N–H and O–H groups in total. The molecule has 4 nitrogen and oxygen atoms in total. The van der Waals surface area contributed by atoms with E-state index in [0.29, 0.717) is 6.54 Å². The second kappa shape index (κ2) is 6.74. The van der Waals surface area contributed by atoms with Gasteiger partial charge in [0, 0.05) is 18.0 Å². The summed E-state index contributed by atoms with van der Waals surface area (Å²) in [4.78, 5) is 14.3. The van der Waals surface area contributed by atoms with Crippen molar-refractivity contribution in [3.8, 4) is 0 Å². The Morgan fingerprint density at radius 2 is 2.35 bits per heavy atom. The van der Waals surface area contributed by atoms with Gasteiger partial charge in [0.25, 0.3) is 0 Å². The molecule has 0 bridgehead atoms. The molecule has 96 valence electrons. The summed E-state index contributed by atoms with van der Waals surface area (Å²) in [5, 5.41) is 13.8. The van der Waals surface area contributed by atoms with E-state index in [2.05, 4.69) is 28.6 Å². The smallest absolute Gasteiger partial charge is 0.322 e. The molecule has 0 saturated carbocycles. The number of likely N-dealkylation sites (N-methyl/N-ethyl adjacent to an activating group) is 2. The summed E-state index contributed by atoms with van der Waals surface area (Å²) in [6, 6.07) is 1.62. The third kappa shape index (κ3) is 4.46. The molecule has 1 unspecified atom stereocenters. The summed E-state index contributed by atoms with van der Waals surface area (Å²) in [5.41, 5.74) is 1.33. The van der Waals surface area contributed by atoms with Crippen LogP contribution in [0.15, 0.2) is 11.4 Å². The number of nitrogens with one attached hydrogen (secondary N) is 1. The van der Waals surface area contributed by atoms with Gasteiger partial charge in [-0.15, -0.1) is 11.3 Å². The quantitative estimate of drug-likeness (QED) is 0.770. The van der Waals surface area contributed by atoms with E-state index in [9.17, 15) is 4.79 Å². The molecule has 1 aromatic heterocycles. The Labute approximate surface area is 106 Å². The fourth-order valence-electron chi connectivity index (χ4n) is 1.65. The van der Waals surface area contributed by atoms with Gasteiger partial charge in [-0.1, -0.05) is 0 Å². The molecule has 1 aromatic rings. The predicted octanol–water partition coefficient (Wildman–Crippen LogP) is 1.20. The maximum absolute atomic E-state index is 10.9. The first-order chi connectivity index (χ1) is 8.04. The van der Waals surface area contributed by atoms with Crippen LogP contribution in [0.25, 0.3) is 0 Å². The number of carboxylic acids is 1. The van der Waals surface area contributed by atoms with Gasteiger partial charge in [0.15, 0.2) is 0 Å². The number of thiophene rings is 1. The largest absolute Gasteiger partial charge is 0.480 e. The maximum Gasteiger partial charge on any atom is 0.322 e. The molecule has 0 aromatic carbocycles. The van der Waals surface area contributed by atoms with E-state index in [1.165, 1.54) is 10.4 Å². The van der Waals surface area contributed by atoms with Gasteiger partial charge in [0.05, 0.1) is 0 Å². The minimum atomic E-state index is -0.799. The number of aryl methyl sites for hydroxylation is 1. The van der Waals surface area contributed by atoms with Crippen molar-refractivity contribution in [3.63, 3.8) is 0 Å². The van der Waals surface area contributed by atoms with Crippen molar-refractivity contribution in [2.45, 2.75) is 19.4 Å². The van der Waals surface area contributed by atoms with E-state index < -0.39 is 12.0 Å². The van der Waals surface area contributed by atoms with E-state index >= 15 is 0 Å². The molecular formula is C12H20N2O2S. The highest BCUT2D eigenvalue weighted by atomic mass is 32.1. The molecule has 17 heavy (non-hydrogen) atoms. The molecule has 1 heterocycles. The molecule has 0 radical (unpaired) electrons. The number of carbonyl (C=O) groups is 1. The van der Waals surface area contributed by atoms with Crippen LogP contribution in [0.2, 0.25) is 0 Å². The third-order valence-electron chi connectivity index (χ3n) is 2.83. The van der Waals surface area contributed by atoms with Crippen LogP contribution in [0.1, 0.15) is 10.4 Å². The molecule has 0 amide bonds. The first-order valence-electron chi connectivity index (χ1n) is 5.66. The van der Waals surface area contributed by atoms with Gasteiger partial charge in [0.2, 0.25) is 0 Å². The molecule has 0 saturated heterocycles. The maximum atomic E-state index is 10.9. The summed E-state index contributed by atoms with van der Waals surface area (Å²) < 4.78 is 0. The van der Waals surface area contributed by atoms with Gasteiger partial charge in [-0.25, -0.2) is 0 Å². The van der Waals surface area contributed by atoms with Gasteiger partial charge in [-0.2, -0.15) is 0 Å². The second-order valence-corrected chi connectivity index (χ2v) is 5.22. The average molecular weight is 256 g/mol. The van der Waals surface area contributed by atoms with Gasteiger partial charge in [-0.05, 0) is 44.4 Å². The molecule has 0 aliphatic heterocycles. The van der Waals surface area contributed by atoms with Crippen molar-refractivity contribution in [1.82, 2.24) is 10.2 Å². The molecule has 5 heteroatoms. The van der Waals surface area contributed by atoms with Crippen molar-refractivity contribution in [1.29, 1.82) is 0 Å². The standard InChI is InChI=1S/C12H20N2O2S/c1-9-5-7-17-11(9)4-6-14(3)8-10(13-2)12(15)16/h5,7,10,13H,4,6,8H2,1-3H3,(H,15,16). The summed E-state index contributed by atoms with van der Waals surface area (Å²) in [7, 11) is 3.63. The lowest BCUT2D eigenvalue weighted by Crippen LogP contribution is -2.43. The van der Waals surface area contributed by atoms with Gasteiger partial charge < -0.3 is 15.3 Å².